The number of esters is 1. The second-order valence-electron chi connectivity index (χ2n) is 5.47. The van der Waals surface area contributed by atoms with Crippen LogP contribution in [-0.4, -0.2) is 44.0 Å². The number of hydrogen-bond acceptors (Lipinski definition) is 9. The van der Waals surface area contributed by atoms with Gasteiger partial charge >= 0.3 is 5.97 Å². The number of carbonyl (C=O) groups is 2. The predicted molar refractivity (Wildman–Crippen MR) is 97.0 cm³/mol. The molecule has 0 saturated carbocycles. The summed E-state index contributed by atoms with van der Waals surface area (Å²) in [6.07, 6.45) is 1.59. The maximum atomic E-state index is 12.5. The minimum Gasteiger partial charge on any atom is -0.459 e. The first-order valence-corrected chi connectivity index (χ1v) is 9.52. The lowest BCUT2D eigenvalue weighted by atomic mass is 10.3. The Kier molecular flexibility index (Phi) is 6.01. The Morgan fingerprint density at radius 2 is 2.00 bits per heavy atom. The number of thiazole rings is 1. The first kappa shape index (κ1) is 19.2. The van der Waals surface area contributed by atoms with Crippen LogP contribution in [0.4, 0.5) is 11.1 Å². The van der Waals surface area contributed by atoms with Crippen molar-refractivity contribution in [3.05, 3.63) is 10.6 Å². The van der Waals surface area contributed by atoms with Crippen molar-refractivity contribution < 1.29 is 14.3 Å². The van der Waals surface area contributed by atoms with E-state index in [9.17, 15) is 9.59 Å². The summed E-state index contributed by atoms with van der Waals surface area (Å²) in [5.74, 6) is -0.630. The zero-order valence-electron chi connectivity index (χ0n) is 14.6. The van der Waals surface area contributed by atoms with E-state index in [0.29, 0.717) is 20.9 Å². The molecule has 2 heterocycles. The fraction of sp³-hybridized carbons (Fsp3) is 0.500. The van der Waals surface area contributed by atoms with Crippen LogP contribution in [0.5, 0.6) is 0 Å². The monoisotopic (exact) mass is 384 g/mol. The number of ether oxygens (including phenoxy) is 1. The van der Waals surface area contributed by atoms with E-state index in [-0.39, 0.29) is 18.0 Å². The van der Waals surface area contributed by atoms with Crippen molar-refractivity contribution >= 4 is 46.1 Å². The molecule has 0 fully saturated rings. The van der Waals surface area contributed by atoms with Gasteiger partial charge in [0.2, 0.25) is 11.9 Å². The van der Waals surface area contributed by atoms with Crippen LogP contribution in [-0.2, 0) is 9.53 Å². The quantitative estimate of drug-likeness (QED) is 0.573. The summed E-state index contributed by atoms with van der Waals surface area (Å²) in [7, 11) is 0. The molecule has 11 heteroatoms. The fourth-order valence-corrected chi connectivity index (χ4v) is 3.45. The van der Waals surface area contributed by atoms with Crippen molar-refractivity contribution in [2.24, 2.45) is 0 Å². The molecule has 25 heavy (non-hydrogen) atoms. The van der Waals surface area contributed by atoms with E-state index in [1.54, 1.807) is 27.7 Å². The molecule has 1 unspecified atom stereocenters. The van der Waals surface area contributed by atoms with Crippen molar-refractivity contribution in [1.29, 1.82) is 0 Å². The lowest BCUT2D eigenvalue weighted by Crippen LogP contribution is -2.25. The summed E-state index contributed by atoms with van der Waals surface area (Å²) in [6, 6.07) is -0.632. The van der Waals surface area contributed by atoms with Crippen LogP contribution >= 0.6 is 23.1 Å². The predicted octanol–water partition coefficient (Wildman–Crippen LogP) is 2.11. The summed E-state index contributed by atoms with van der Waals surface area (Å²) in [5, 5.41) is 11.3. The molecule has 0 aliphatic rings. The van der Waals surface area contributed by atoms with E-state index in [0.717, 1.165) is 11.3 Å². The normalized spacial score (nSPS) is 12.2. The summed E-state index contributed by atoms with van der Waals surface area (Å²) >= 11 is 2.41. The van der Waals surface area contributed by atoms with E-state index in [1.165, 1.54) is 16.3 Å². The van der Waals surface area contributed by atoms with Crippen LogP contribution in [0, 0.1) is 6.92 Å². The third-order valence-corrected chi connectivity index (χ3v) is 4.89. The molecule has 2 aromatic heterocycles. The average Bonchev–Trinajstić information content (AvgIpc) is 3.08. The molecule has 2 aromatic rings. The molecule has 2 rings (SSSR count). The number of aromatic nitrogens is 4. The van der Waals surface area contributed by atoms with Gasteiger partial charge in [-0.05, 0) is 34.0 Å². The second-order valence-corrected chi connectivity index (χ2v) is 7.24. The molecule has 3 N–H and O–H groups in total. The summed E-state index contributed by atoms with van der Waals surface area (Å²) in [5.41, 5.74) is 6.29. The standard InChI is InChI=1S/C14H20N6O3S2/c1-6(2)23-11(22)9-7(3)16-13(25-9)17-10(21)8(4)20-12(15)18-19-14(20)24-5/h6,8H,1-5H3,(H2,15,18)(H,16,17,21). The SMILES string of the molecule is CSc1nnc(N)n1C(C)C(=O)Nc1nc(C)c(C(=O)OC(C)C)s1. The molecule has 0 bridgehead atoms. The Bertz CT molecular complexity index is 786. The van der Waals surface area contributed by atoms with Gasteiger partial charge in [-0.1, -0.05) is 23.1 Å². The van der Waals surface area contributed by atoms with Crippen LogP contribution in [0.25, 0.3) is 0 Å². The molecule has 0 aliphatic heterocycles. The minimum absolute atomic E-state index is 0.156. The lowest BCUT2D eigenvalue weighted by Gasteiger charge is -2.14. The Morgan fingerprint density at radius 1 is 1.32 bits per heavy atom. The van der Waals surface area contributed by atoms with Gasteiger partial charge in [-0.2, -0.15) is 0 Å². The van der Waals surface area contributed by atoms with Crippen LogP contribution in [0.15, 0.2) is 5.16 Å². The molecule has 0 spiro atoms. The number of nitrogens with zero attached hydrogens (tertiary/aromatic N) is 4. The Hall–Kier alpha value is -2.14. The highest BCUT2D eigenvalue weighted by molar-refractivity contribution is 7.98. The fourth-order valence-electron chi connectivity index (χ4n) is 2.03. The maximum Gasteiger partial charge on any atom is 0.350 e. The number of nitrogen functional groups attached to an aromatic ring is 1. The molecule has 136 valence electrons. The highest BCUT2D eigenvalue weighted by Crippen LogP contribution is 2.26. The Balaban J connectivity index is 2.15. The number of carbonyl (C=O) groups excluding carboxylic acids is 2. The van der Waals surface area contributed by atoms with Crippen LogP contribution < -0.4 is 11.1 Å². The van der Waals surface area contributed by atoms with Gasteiger partial charge in [0.15, 0.2) is 10.3 Å². The second kappa shape index (κ2) is 7.83. The van der Waals surface area contributed by atoms with Crippen molar-refractivity contribution in [1.82, 2.24) is 19.7 Å². The number of anilines is 2. The maximum absolute atomic E-state index is 12.5. The molecule has 0 aromatic carbocycles. The van der Waals surface area contributed by atoms with Crippen LogP contribution in [0.2, 0.25) is 0 Å². The molecular formula is C14H20N6O3S2. The number of amides is 1. The summed E-state index contributed by atoms with van der Waals surface area (Å²) in [4.78, 5) is 29.1. The van der Waals surface area contributed by atoms with Gasteiger partial charge in [0, 0.05) is 0 Å². The molecule has 9 nitrogen and oxygen atoms in total. The van der Waals surface area contributed by atoms with E-state index >= 15 is 0 Å². The van der Waals surface area contributed by atoms with Crippen LogP contribution in [0.1, 0.15) is 42.2 Å². The number of nitrogens with one attached hydrogen (secondary N) is 1. The minimum atomic E-state index is -0.632. The number of nitrogens with two attached hydrogens (primary N) is 1. The number of rotatable bonds is 6. The van der Waals surface area contributed by atoms with Gasteiger partial charge in [-0.15, -0.1) is 10.2 Å². The molecule has 0 aliphatic carbocycles. The van der Waals surface area contributed by atoms with Gasteiger partial charge in [-0.3, -0.25) is 9.36 Å². The molecule has 1 atom stereocenters. The first-order valence-electron chi connectivity index (χ1n) is 7.48. The molecular weight excluding hydrogens is 364 g/mol. The van der Waals surface area contributed by atoms with Crippen molar-refractivity contribution in [2.75, 3.05) is 17.3 Å². The van der Waals surface area contributed by atoms with E-state index < -0.39 is 12.0 Å². The summed E-state index contributed by atoms with van der Waals surface area (Å²) in [6.45, 7) is 6.91. The van der Waals surface area contributed by atoms with Gasteiger partial charge in [0.1, 0.15) is 10.9 Å². The lowest BCUT2D eigenvalue weighted by molar-refractivity contribution is -0.118. The van der Waals surface area contributed by atoms with Crippen molar-refractivity contribution in [3.8, 4) is 0 Å². The molecule has 0 saturated heterocycles. The number of thioether (sulfide) groups is 1. The average molecular weight is 384 g/mol. The van der Waals surface area contributed by atoms with E-state index in [1.807, 2.05) is 6.26 Å². The summed E-state index contributed by atoms with van der Waals surface area (Å²) < 4.78 is 6.70. The third-order valence-electron chi connectivity index (χ3n) is 3.20. The number of hydrogen-bond donors (Lipinski definition) is 2. The van der Waals surface area contributed by atoms with Crippen molar-refractivity contribution in [3.63, 3.8) is 0 Å². The van der Waals surface area contributed by atoms with Gasteiger partial charge in [0.25, 0.3) is 0 Å². The first-order chi connectivity index (χ1) is 11.7. The van der Waals surface area contributed by atoms with Crippen LogP contribution in [0.3, 0.4) is 0 Å². The van der Waals surface area contributed by atoms with Gasteiger partial charge in [0.05, 0.1) is 11.8 Å². The zero-order chi connectivity index (χ0) is 18.7. The van der Waals surface area contributed by atoms with Crippen molar-refractivity contribution in [2.45, 2.75) is 45.0 Å². The smallest absolute Gasteiger partial charge is 0.350 e. The van der Waals surface area contributed by atoms with Gasteiger partial charge in [-0.25, -0.2) is 9.78 Å². The number of aryl methyl sites for hydroxylation is 1. The highest BCUT2D eigenvalue weighted by atomic mass is 32.2. The molecule has 1 amide bonds. The van der Waals surface area contributed by atoms with E-state index in [2.05, 4.69) is 20.5 Å². The Morgan fingerprint density at radius 3 is 2.60 bits per heavy atom. The molecule has 0 radical (unpaired) electrons. The largest absolute Gasteiger partial charge is 0.459 e. The van der Waals surface area contributed by atoms with Gasteiger partial charge < -0.3 is 15.8 Å². The topological polar surface area (TPSA) is 125 Å². The zero-order valence-corrected chi connectivity index (χ0v) is 16.2. The Labute approximate surface area is 153 Å². The highest BCUT2D eigenvalue weighted by Gasteiger charge is 2.24. The van der Waals surface area contributed by atoms with E-state index in [4.69, 9.17) is 10.5 Å². The third kappa shape index (κ3) is 4.28.